The third kappa shape index (κ3) is 2.99. The third-order valence-corrected chi connectivity index (χ3v) is 1.55. The van der Waals surface area contributed by atoms with Gasteiger partial charge in [0.15, 0.2) is 11.5 Å². The van der Waals surface area contributed by atoms with Crippen LogP contribution >= 0.6 is 0 Å². The van der Waals surface area contributed by atoms with Gasteiger partial charge in [0, 0.05) is 25.5 Å². The van der Waals surface area contributed by atoms with Crippen LogP contribution < -0.4 is 5.32 Å². The van der Waals surface area contributed by atoms with Gasteiger partial charge in [0.05, 0.1) is 6.61 Å². The summed E-state index contributed by atoms with van der Waals surface area (Å²) in [6.07, 6.45) is 3.04. The maximum absolute atomic E-state index is 8.70. The predicted octanol–water partition coefficient (Wildman–Crippen LogP) is 0.797. The summed E-state index contributed by atoms with van der Waals surface area (Å²) in [5.41, 5.74) is 0.309. The number of anilines is 1. The van der Waals surface area contributed by atoms with E-state index in [0.717, 1.165) is 0 Å². The largest absolute Gasteiger partial charge is 0.380 e. The van der Waals surface area contributed by atoms with E-state index in [1.807, 2.05) is 13.0 Å². The highest BCUT2D eigenvalue weighted by atomic mass is 16.5. The van der Waals surface area contributed by atoms with Crippen molar-refractivity contribution in [1.29, 1.82) is 5.26 Å². The Labute approximate surface area is 82.8 Å². The average molecular weight is 192 g/mol. The van der Waals surface area contributed by atoms with Crippen molar-refractivity contribution >= 4 is 5.82 Å². The minimum absolute atomic E-state index is 0.309. The lowest BCUT2D eigenvalue weighted by Crippen LogP contribution is -2.11. The lowest BCUT2D eigenvalue weighted by molar-refractivity contribution is 0.158. The number of ether oxygens (including phenoxy) is 1. The van der Waals surface area contributed by atoms with E-state index < -0.39 is 0 Å². The van der Waals surface area contributed by atoms with Crippen LogP contribution in [0.25, 0.3) is 0 Å². The molecule has 0 bridgehead atoms. The van der Waals surface area contributed by atoms with Gasteiger partial charge in [-0.1, -0.05) is 0 Å². The van der Waals surface area contributed by atoms with Crippen molar-refractivity contribution in [2.24, 2.45) is 0 Å². The van der Waals surface area contributed by atoms with Crippen LogP contribution in [0.2, 0.25) is 0 Å². The van der Waals surface area contributed by atoms with Crippen molar-refractivity contribution in [1.82, 2.24) is 9.97 Å². The molecule has 1 aromatic heterocycles. The molecule has 0 radical (unpaired) electrons. The van der Waals surface area contributed by atoms with Gasteiger partial charge in [0.2, 0.25) is 0 Å². The predicted molar refractivity (Wildman–Crippen MR) is 51.7 cm³/mol. The quantitative estimate of drug-likeness (QED) is 0.698. The fourth-order valence-corrected chi connectivity index (χ4v) is 0.935. The number of rotatable bonds is 5. The van der Waals surface area contributed by atoms with E-state index in [1.54, 1.807) is 6.20 Å². The van der Waals surface area contributed by atoms with Gasteiger partial charge >= 0.3 is 0 Å². The smallest absolute Gasteiger partial charge is 0.182 e. The molecule has 5 heteroatoms. The first-order chi connectivity index (χ1) is 6.88. The molecule has 0 atom stereocenters. The Morgan fingerprint density at radius 2 is 2.29 bits per heavy atom. The van der Waals surface area contributed by atoms with Crippen LogP contribution in [0.15, 0.2) is 12.4 Å². The third-order valence-electron chi connectivity index (χ3n) is 1.55. The van der Waals surface area contributed by atoms with Gasteiger partial charge in [-0.2, -0.15) is 5.26 Å². The van der Waals surface area contributed by atoms with E-state index in [0.29, 0.717) is 31.3 Å². The molecule has 0 spiro atoms. The van der Waals surface area contributed by atoms with Gasteiger partial charge in [-0.05, 0) is 6.92 Å². The van der Waals surface area contributed by atoms with E-state index in [2.05, 4.69) is 15.3 Å². The van der Waals surface area contributed by atoms with Crippen LogP contribution in [0.4, 0.5) is 5.82 Å². The standard InChI is InChI=1S/C9H12N4O/c1-2-14-6-5-13-9-8(7-10)11-3-4-12-9/h3-4H,2,5-6H2,1H3,(H,12,13). The molecular formula is C9H12N4O. The minimum Gasteiger partial charge on any atom is -0.380 e. The van der Waals surface area contributed by atoms with E-state index in [1.165, 1.54) is 6.20 Å². The summed E-state index contributed by atoms with van der Waals surface area (Å²) in [5, 5.41) is 11.7. The Balaban J connectivity index is 2.46. The minimum atomic E-state index is 0.309. The highest BCUT2D eigenvalue weighted by molar-refractivity contribution is 5.46. The van der Waals surface area contributed by atoms with Crippen molar-refractivity contribution in [2.45, 2.75) is 6.92 Å². The normalized spacial score (nSPS) is 9.43. The zero-order valence-corrected chi connectivity index (χ0v) is 8.03. The number of nitrogens with one attached hydrogen (secondary N) is 1. The van der Waals surface area contributed by atoms with Gasteiger partial charge < -0.3 is 10.1 Å². The molecule has 5 nitrogen and oxygen atoms in total. The second-order valence-corrected chi connectivity index (χ2v) is 2.49. The zero-order chi connectivity index (χ0) is 10.2. The second-order valence-electron chi connectivity index (χ2n) is 2.49. The summed E-state index contributed by atoms with van der Waals surface area (Å²) < 4.78 is 5.14. The van der Waals surface area contributed by atoms with Crippen LogP contribution in [-0.4, -0.2) is 29.7 Å². The summed E-state index contributed by atoms with van der Waals surface area (Å²) in [6.45, 7) is 3.84. The first-order valence-corrected chi connectivity index (χ1v) is 4.41. The van der Waals surface area contributed by atoms with Gasteiger partial charge in [0.1, 0.15) is 6.07 Å². The summed E-state index contributed by atoms with van der Waals surface area (Å²) in [6, 6.07) is 1.96. The van der Waals surface area contributed by atoms with Gasteiger partial charge in [-0.25, -0.2) is 9.97 Å². The summed E-state index contributed by atoms with van der Waals surface area (Å²) in [5.74, 6) is 0.509. The molecule has 0 aliphatic carbocycles. The van der Waals surface area contributed by atoms with Crippen molar-refractivity contribution in [3.8, 4) is 6.07 Å². The summed E-state index contributed by atoms with van der Waals surface area (Å²) >= 11 is 0. The number of nitriles is 1. The molecule has 0 unspecified atom stereocenters. The first-order valence-electron chi connectivity index (χ1n) is 4.41. The molecule has 74 valence electrons. The molecule has 0 saturated heterocycles. The molecule has 1 heterocycles. The number of hydrogen-bond donors (Lipinski definition) is 1. The fraction of sp³-hybridized carbons (Fsp3) is 0.444. The zero-order valence-electron chi connectivity index (χ0n) is 8.03. The molecular weight excluding hydrogens is 180 g/mol. The Kier molecular flexibility index (Phi) is 4.38. The summed E-state index contributed by atoms with van der Waals surface area (Å²) in [7, 11) is 0. The molecule has 1 aromatic rings. The van der Waals surface area contributed by atoms with Crippen molar-refractivity contribution < 1.29 is 4.74 Å². The number of hydrogen-bond acceptors (Lipinski definition) is 5. The Bertz CT molecular complexity index is 321. The highest BCUT2D eigenvalue weighted by Crippen LogP contribution is 2.04. The molecule has 1 N–H and O–H groups in total. The van der Waals surface area contributed by atoms with Crippen LogP contribution in [-0.2, 0) is 4.74 Å². The molecule has 0 aliphatic rings. The van der Waals surface area contributed by atoms with Crippen LogP contribution in [0.5, 0.6) is 0 Å². The molecule has 14 heavy (non-hydrogen) atoms. The first kappa shape index (κ1) is 10.4. The Hall–Kier alpha value is -1.67. The maximum Gasteiger partial charge on any atom is 0.182 e. The van der Waals surface area contributed by atoms with E-state index in [9.17, 15) is 0 Å². The van der Waals surface area contributed by atoms with E-state index >= 15 is 0 Å². The van der Waals surface area contributed by atoms with E-state index in [4.69, 9.17) is 10.00 Å². The molecule has 0 aromatic carbocycles. The average Bonchev–Trinajstić information content (AvgIpc) is 2.25. The highest BCUT2D eigenvalue weighted by Gasteiger charge is 2.01. The Morgan fingerprint density at radius 3 is 3.00 bits per heavy atom. The lowest BCUT2D eigenvalue weighted by Gasteiger charge is -2.05. The van der Waals surface area contributed by atoms with Gasteiger partial charge in [0.25, 0.3) is 0 Å². The van der Waals surface area contributed by atoms with Gasteiger partial charge in [-0.15, -0.1) is 0 Å². The molecule has 0 amide bonds. The number of aromatic nitrogens is 2. The second kappa shape index (κ2) is 5.89. The maximum atomic E-state index is 8.70. The van der Waals surface area contributed by atoms with Gasteiger partial charge in [-0.3, -0.25) is 0 Å². The topological polar surface area (TPSA) is 70.8 Å². The molecule has 0 saturated carbocycles. The fourth-order valence-electron chi connectivity index (χ4n) is 0.935. The number of nitrogens with zero attached hydrogens (tertiary/aromatic N) is 3. The Morgan fingerprint density at radius 1 is 1.50 bits per heavy atom. The van der Waals surface area contributed by atoms with Crippen LogP contribution in [0.3, 0.4) is 0 Å². The lowest BCUT2D eigenvalue weighted by atomic mass is 10.4. The monoisotopic (exact) mass is 192 g/mol. The van der Waals surface area contributed by atoms with Crippen molar-refractivity contribution in [2.75, 3.05) is 25.1 Å². The van der Waals surface area contributed by atoms with Crippen molar-refractivity contribution in [3.05, 3.63) is 18.1 Å². The van der Waals surface area contributed by atoms with Crippen LogP contribution in [0.1, 0.15) is 12.6 Å². The van der Waals surface area contributed by atoms with E-state index in [-0.39, 0.29) is 0 Å². The summed E-state index contributed by atoms with van der Waals surface area (Å²) in [4.78, 5) is 7.86. The van der Waals surface area contributed by atoms with Crippen LogP contribution in [0, 0.1) is 11.3 Å². The van der Waals surface area contributed by atoms with Crippen molar-refractivity contribution in [3.63, 3.8) is 0 Å². The molecule has 0 aliphatic heterocycles. The molecule has 1 rings (SSSR count). The SMILES string of the molecule is CCOCCNc1nccnc1C#N. The molecule has 0 fully saturated rings.